The molecule has 1 fully saturated rings. The van der Waals surface area contributed by atoms with Crippen LogP contribution in [0.25, 0.3) is 11.3 Å². The van der Waals surface area contributed by atoms with Crippen LogP contribution < -0.4 is 4.74 Å². The maximum atomic E-state index is 14.1. The Kier molecular flexibility index (Phi) is 7.14. The van der Waals surface area contributed by atoms with Crippen LogP contribution in [0.15, 0.2) is 66.9 Å². The third-order valence-corrected chi connectivity index (χ3v) is 7.01. The van der Waals surface area contributed by atoms with Gasteiger partial charge < -0.3 is 9.64 Å². The molecule has 0 radical (unpaired) electrons. The van der Waals surface area contributed by atoms with Gasteiger partial charge in [-0.1, -0.05) is 46.1 Å². The van der Waals surface area contributed by atoms with Gasteiger partial charge in [0.1, 0.15) is 23.9 Å². The first-order valence-corrected chi connectivity index (χ1v) is 12.3. The van der Waals surface area contributed by atoms with Crippen molar-refractivity contribution in [2.24, 2.45) is 0 Å². The molecule has 1 amide bonds. The first-order valence-electron chi connectivity index (χ1n) is 11.2. The number of rotatable bonds is 6. The Labute approximate surface area is 222 Å². The molecule has 0 bridgehead atoms. The number of halogens is 4. The second-order valence-corrected chi connectivity index (χ2v) is 9.71. The molecule has 1 atom stereocenters. The average Bonchev–Trinajstić information content (AvgIpc) is 3.55. The smallest absolute Gasteiger partial charge is 0.253 e. The molecule has 0 aliphatic carbocycles. The standard InChI is InChI=1S/C26H20Cl3FN4O2/c27-18-4-2-17(3-5-18)26(35)33-10-9-20(13-33)34-14-24(31-32-34)21-12-19(30)6-8-25(21)36-15-16-1-7-22(28)23(29)11-16/h1-8,11-12,14,20H,9-10,13,15H2. The number of hydrogen-bond acceptors (Lipinski definition) is 4. The van der Waals surface area contributed by atoms with Gasteiger partial charge in [-0.15, -0.1) is 5.10 Å². The van der Waals surface area contributed by atoms with Crippen LogP contribution in [-0.2, 0) is 6.61 Å². The van der Waals surface area contributed by atoms with Gasteiger partial charge in [0.05, 0.1) is 22.3 Å². The number of likely N-dealkylation sites (tertiary alicyclic amines) is 1. The highest BCUT2D eigenvalue weighted by atomic mass is 35.5. The topological polar surface area (TPSA) is 60.2 Å². The van der Waals surface area contributed by atoms with Crippen molar-refractivity contribution in [3.05, 3.63) is 98.9 Å². The lowest BCUT2D eigenvalue weighted by Gasteiger charge is -2.16. The van der Waals surface area contributed by atoms with Gasteiger partial charge in [0, 0.05) is 29.2 Å². The first-order chi connectivity index (χ1) is 17.4. The quantitative estimate of drug-likeness (QED) is 0.270. The second kappa shape index (κ2) is 10.5. The van der Waals surface area contributed by atoms with Gasteiger partial charge >= 0.3 is 0 Å². The monoisotopic (exact) mass is 544 g/mol. The van der Waals surface area contributed by atoms with Crippen LogP contribution in [0.3, 0.4) is 0 Å². The van der Waals surface area contributed by atoms with Crippen molar-refractivity contribution in [3.8, 4) is 17.0 Å². The summed E-state index contributed by atoms with van der Waals surface area (Å²) in [4.78, 5) is 14.6. The molecule has 6 nitrogen and oxygen atoms in total. The maximum absolute atomic E-state index is 14.1. The van der Waals surface area contributed by atoms with E-state index >= 15 is 0 Å². The molecule has 1 aliphatic heterocycles. The maximum Gasteiger partial charge on any atom is 0.253 e. The highest BCUT2D eigenvalue weighted by Crippen LogP contribution is 2.32. The van der Waals surface area contributed by atoms with Crippen molar-refractivity contribution >= 4 is 40.7 Å². The van der Waals surface area contributed by atoms with Crippen LogP contribution in [0.2, 0.25) is 15.1 Å². The lowest BCUT2D eigenvalue weighted by Crippen LogP contribution is -2.29. The van der Waals surface area contributed by atoms with Crippen LogP contribution >= 0.6 is 34.8 Å². The van der Waals surface area contributed by atoms with Gasteiger partial charge in [-0.25, -0.2) is 9.07 Å². The third-order valence-electron chi connectivity index (χ3n) is 6.02. The zero-order valence-electron chi connectivity index (χ0n) is 18.9. The predicted octanol–water partition coefficient (Wildman–Crippen LogP) is 6.71. The predicted molar refractivity (Wildman–Crippen MR) is 137 cm³/mol. The zero-order chi connectivity index (χ0) is 25.2. The van der Waals surface area contributed by atoms with E-state index < -0.39 is 5.82 Å². The van der Waals surface area contributed by atoms with Crippen LogP contribution in [0.1, 0.15) is 28.4 Å². The molecule has 0 spiro atoms. The van der Waals surface area contributed by atoms with Crippen molar-refractivity contribution in [3.63, 3.8) is 0 Å². The van der Waals surface area contributed by atoms with E-state index in [0.717, 1.165) is 12.0 Å². The number of aromatic nitrogens is 3. The third kappa shape index (κ3) is 5.33. The van der Waals surface area contributed by atoms with Crippen LogP contribution in [-0.4, -0.2) is 38.9 Å². The average molecular weight is 546 g/mol. The summed E-state index contributed by atoms with van der Waals surface area (Å²) < 4.78 is 21.8. The van der Waals surface area contributed by atoms with E-state index in [9.17, 15) is 9.18 Å². The summed E-state index contributed by atoms with van der Waals surface area (Å²) in [6.45, 7) is 1.31. The van der Waals surface area contributed by atoms with Crippen molar-refractivity contribution in [1.29, 1.82) is 0 Å². The Morgan fingerprint density at radius 3 is 2.61 bits per heavy atom. The molecule has 5 rings (SSSR count). The van der Waals surface area contributed by atoms with Crippen molar-refractivity contribution in [1.82, 2.24) is 19.9 Å². The molecule has 3 aromatic carbocycles. The number of nitrogens with zero attached hydrogens (tertiary/aromatic N) is 4. The summed E-state index contributed by atoms with van der Waals surface area (Å²) in [5.41, 5.74) is 2.36. The van der Waals surface area contributed by atoms with Gasteiger partial charge in [0.25, 0.3) is 5.91 Å². The molecule has 1 aromatic heterocycles. The Bertz CT molecular complexity index is 1410. The van der Waals surface area contributed by atoms with Gasteiger partial charge in [-0.05, 0) is 66.6 Å². The minimum absolute atomic E-state index is 0.0448. The van der Waals surface area contributed by atoms with Crippen molar-refractivity contribution in [2.45, 2.75) is 19.1 Å². The van der Waals surface area contributed by atoms with Crippen molar-refractivity contribution in [2.75, 3.05) is 13.1 Å². The molecule has 0 N–H and O–H groups in total. The lowest BCUT2D eigenvalue weighted by atomic mass is 10.1. The molecule has 184 valence electrons. The lowest BCUT2D eigenvalue weighted by molar-refractivity contribution is 0.0787. The largest absolute Gasteiger partial charge is 0.488 e. The molecule has 2 heterocycles. The fourth-order valence-corrected chi connectivity index (χ4v) is 4.56. The summed E-state index contributed by atoms with van der Waals surface area (Å²) in [6, 6.07) is 16.3. The Morgan fingerprint density at radius 1 is 1.03 bits per heavy atom. The molecular formula is C26H20Cl3FN4O2. The molecular weight excluding hydrogens is 526 g/mol. The molecule has 36 heavy (non-hydrogen) atoms. The molecule has 4 aromatic rings. The summed E-state index contributed by atoms with van der Waals surface area (Å²) in [6.07, 6.45) is 2.48. The SMILES string of the molecule is O=C(c1ccc(Cl)cc1)N1CCC(n2cc(-c3cc(F)ccc3OCc3ccc(Cl)c(Cl)c3)nn2)C1. The Balaban J connectivity index is 1.30. The minimum atomic E-state index is -0.415. The highest BCUT2D eigenvalue weighted by molar-refractivity contribution is 6.42. The Morgan fingerprint density at radius 2 is 1.83 bits per heavy atom. The van der Waals surface area contributed by atoms with E-state index in [-0.39, 0.29) is 18.6 Å². The molecule has 10 heteroatoms. The fraction of sp³-hybridized carbons (Fsp3) is 0.192. The molecule has 1 aliphatic rings. The van der Waals surface area contributed by atoms with Crippen LogP contribution in [0.5, 0.6) is 5.75 Å². The summed E-state index contributed by atoms with van der Waals surface area (Å²) in [5.74, 6) is -0.0137. The van der Waals surface area contributed by atoms with Crippen LogP contribution in [0.4, 0.5) is 4.39 Å². The number of amides is 1. The number of carbonyl (C=O) groups is 1. The van der Waals surface area contributed by atoms with E-state index in [0.29, 0.717) is 50.7 Å². The molecule has 1 unspecified atom stereocenters. The van der Waals surface area contributed by atoms with E-state index in [4.69, 9.17) is 39.5 Å². The second-order valence-electron chi connectivity index (χ2n) is 8.46. The van der Waals surface area contributed by atoms with Gasteiger partial charge in [0.2, 0.25) is 0 Å². The van der Waals surface area contributed by atoms with E-state index in [1.165, 1.54) is 12.1 Å². The minimum Gasteiger partial charge on any atom is -0.488 e. The van der Waals surface area contributed by atoms with Gasteiger partial charge in [-0.2, -0.15) is 0 Å². The number of carbonyl (C=O) groups excluding carboxylic acids is 1. The molecule has 1 saturated heterocycles. The van der Waals surface area contributed by atoms with Crippen LogP contribution in [0, 0.1) is 5.82 Å². The fourth-order valence-electron chi connectivity index (χ4n) is 4.11. The number of benzene rings is 3. The molecule has 0 saturated carbocycles. The summed E-state index contributed by atoms with van der Waals surface area (Å²) in [7, 11) is 0. The summed E-state index contributed by atoms with van der Waals surface area (Å²) >= 11 is 18.0. The zero-order valence-corrected chi connectivity index (χ0v) is 21.1. The normalized spacial score (nSPS) is 15.3. The number of hydrogen-bond donors (Lipinski definition) is 0. The van der Waals surface area contributed by atoms with E-state index in [1.807, 2.05) is 6.07 Å². The Hall–Kier alpha value is -3.13. The van der Waals surface area contributed by atoms with E-state index in [1.54, 1.807) is 58.2 Å². The number of ether oxygens (including phenoxy) is 1. The van der Waals surface area contributed by atoms with Gasteiger partial charge in [0.15, 0.2) is 0 Å². The summed E-state index contributed by atoms with van der Waals surface area (Å²) in [5, 5.41) is 10.00. The first kappa shape index (κ1) is 24.6. The highest BCUT2D eigenvalue weighted by Gasteiger charge is 2.29. The van der Waals surface area contributed by atoms with Gasteiger partial charge in [-0.3, -0.25) is 4.79 Å². The van der Waals surface area contributed by atoms with E-state index in [2.05, 4.69) is 10.3 Å². The van der Waals surface area contributed by atoms with Crippen molar-refractivity contribution < 1.29 is 13.9 Å².